The van der Waals surface area contributed by atoms with Gasteiger partial charge in [-0.15, -0.1) is 0 Å². The summed E-state index contributed by atoms with van der Waals surface area (Å²) in [5.74, 6) is 0.265. The van der Waals surface area contributed by atoms with Gasteiger partial charge in [0, 0.05) is 11.7 Å². The molecule has 0 aromatic heterocycles. The highest BCUT2D eigenvalue weighted by Crippen LogP contribution is 2.24. The number of nitrogens with one attached hydrogen (secondary N) is 1. The molecule has 0 aliphatic heterocycles. The van der Waals surface area contributed by atoms with Crippen molar-refractivity contribution >= 4 is 27.3 Å². The lowest BCUT2D eigenvalue weighted by Crippen LogP contribution is -2.38. The number of rotatable bonds is 6. The van der Waals surface area contributed by atoms with Crippen LogP contribution in [0.2, 0.25) is 5.02 Å². The Bertz CT molecular complexity index is 532. The van der Waals surface area contributed by atoms with Crippen molar-refractivity contribution in [3.05, 3.63) is 23.2 Å². The van der Waals surface area contributed by atoms with E-state index in [1.165, 1.54) is 18.2 Å². The summed E-state index contributed by atoms with van der Waals surface area (Å²) in [5.41, 5.74) is 5.92. The zero-order chi connectivity index (χ0) is 14.6. The summed E-state index contributed by atoms with van der Waals surface area (Å²) in [6, 6.07) is 3.67. The van der Waals surface area contributed by atoms with Gasteiger partial charge in [0.25, 0.3) is 0 Å². The highest BCUT2D eigenvalue weighted by molar-refractivity contribution is 7.89. The molecular formula is C12H19ClN2O3S. The minimum Gasteiger partial charge on any atom is -0.399 e. The van der Waals surface area contributed by atoms with E-state index in [1.54, 1.807) is 0 Å². The van der Waals surface area contributed by atoms with Crippen molar-refractivity contribution in [2.24, 2.45) is 5.92 Å². The fourth-order valence-corrected chi connectivity index (χ4v) is 3.54. The van der Waals surface area contributed by atoms with Crippen molar-refractivity contribution in [2.75, 3.05) is 12.3 Å². The number of aliphatic hydroxyl groups is 1. The van der Waals surface area contributed by atoms with E-state index < -0.39 is 16.1 Å². The van der Waals surface area contributed by atoms with Gasteiger partial charge in [-0.05, 0) is 30.5 Å². The fraction of sp³-hybridized carbons (Fsp3) is 0.500. The maximum Gasteiger partial charge on any atom is 0.242 e. The van der Waals surface area contributed by atoms with Gasteiger partial charge in [0.2, 0.25) is 10.0 Å². The lowest BCUT2D eigenvalue weighted by atomic mass is 10.1. The smallest absolute Gasteiger partial charge is 0.242 e. The van der Waals surface area contributed by atoms with Gasteiger partial charge in [0.1, 0.15) is 4.90 Å². The van der Waals surface area contributed by atoms with E-state index in [9.17, 15) is 13.5 Å². The highest BCUT2D eigenvalue weighted by atomic mass is 35.5. The molecule has 0 saturated heterocycles. The lowest BCUT2D eigenvalue weighted by molar-refractivity contribution is 0.240. The summed E-state index contributed by atoms with van der Waals surface area (Å²) in [6.45, 7) is 3.64. The topological polar surface area (TPSA) is 92.4 Å². The van der Waals surface area contributed by atoms with Gasteiger partial charge in [-0.25, -0.2) is 13.1 Å². The van der Waals surface area contributed by atoms with E-state index in [1.807, 2.05) is 13.8 Å². The first-order valence-electron chi connectivity index (χ1n) is 5.94. The second kappa shape index (κ2) is 6.56. The average molecular weight is 307 g/mol. The SMILES string of the molecule is CC(C)CC(CO)NS(=O)(=O)c1ccc(N)cc1Cl. The maximum absolute atomic E-state index is 12.2. The number of halogens is 1. The first kappa shape index (κ1) is 16.2. The van der Waals surface area contributed by atoms with Gasteiger partial charge in [-0.2, -0.15) is 0 Å². The van der Waals surface area contributed by atoms with Crippen LogP contribution in [0, 0.1) is 5.92 Å². The predicted octanol–water partition coefficient (Wildman–Crippen LogP) is 1.61. The second-order valence-corrected chi connectivity index (χ2v) is 6.91. The fourth-order valence-electron chi connectivity index (χ4n) is 1.75. The Kier molecular flexibility index (Phi) is 5.61. The zero-order valence-electron chi connectivity index (χ0n) is 10.9. The van der Waals surface area contributed by atoms with Crippen molar-refractivity contribution in [2.45, 2.75) is 31.2 Å². The molecule has 0 bridgehead atoms. The van der Waals surface area contributed by atoms with Crippen molar-refractivity contribution in [3.8, 4) is 0 Å². The number of hydrogen-bond donors (Lipinski definition) is 3. The largest absolute Gasteiger partial charge is 0.399 e. The molecule has 108 valence electrons. The molecule has 1 atom stereocenters. The van der Waals surface area contributed by atoms with Gasteiger partial charge in [0.15, 0.2) is 0 Å². The van der Waals surface area contributed by atoms with Crippen LogP contribution in [0.25, 0.3) is 0 Å². The van der Waals surface area contributed by atoms with Gasteiger partial charge < -0.3 is 10.8 Å². The Morgan fingerprint density at radius 2 is 2.05 bits per heavy atom. The summed E-state index contributed by atoms with van der Waals surface area (Å²) in [4.78, 5) is -0.0365. The number of sulfonamides is 1. The van der Waals surface area contributed by atoms with Crippen molar-refractivity contribution in [1.82, 2.24) is 4.72 Å². The molecule has 0 heterocycles. The summed E-state index contributed by atoms with van der Waals surface area (Å²) in [5, 5.41) is 9.28. The van der Waals surface area contributed by atoms with Crippen LogP contribution in [0.1, 0.15) is 20.3 Å². The molecule has 0 spiro atoms. The monoisotopic (exact) mass is 306 g/mol. The summed E-state index contributed by atoms with van der Waals surface area (Å²) in [6.07, 6.45) is 0.544. The molecule has 0 radical (unpaired) electrons. The van der Waals surface area contributed by atoms with Gasteiger partial charge in [0.05, 0.1) is 11.6 Å². The normalized spacial score (nSPS) is 13.7. The van der Waals surface area contributed by atoms with E-state index in [-0.39, 0.29) is 22.4 Å². The molecule has 7 heteroatoms. The molecule has 1 unspecified atom stereocenters. The van der Waals surface area contributed by atoms with E-state index in [0.29, 0.717) is 12.1 Å². The van der Waals surface area contributed by atoms with Crippen molar-refractivity contribution < 1.29 is 13.5 Å². The Balaban J connectivity index is 2.97. The van der Waals surface area contributed by atoms with Gasteiger partial charge in [-0.1, -0.05) is 25.4 Å². The van der Waals surface area contributed by atoms with Crippen LogP contribution in [0.3, 0.4) is 0 Å². The van der Waals surface area contributed by atoms with Crippen LogP contribution in [0.4, 0.5) is 5.69 Å². The molecule has 19 heavy (non-hydrogen) atoms. The average Bonchev–Trinajstić information content (AvgIpc) is 2.26. The minimum atomic E-state index is -3.76. The molecule has 0 amide bonds. The molecule has 0 aliphatic carbocycles. The zero-order valence-corrected chi connectivity index (χ0v) is 12.5. The Hall–Kier alpha value is -0.820. The predicted molar refractivity (Wildman–Crippen MR) is 76.5 cm³/mol. The van der Waals surface area contributed by atoms with Gasteiger partial charge >= 0.3 is 0 Å². The highest BCUT2D eigenvalue weighted by Gasteiger charge is 2.22. The Morgan fingerprint density at radius 1 is 1.42 bits per heavy atom. The van der Waals surface area contributed by atoms with Crippen LogP contribution < -0.4 is 10.5 Å². The van der Waals surface area contributed by atoms with Crippen LogP contribution in [0.5, 0.6) is 0 Å². The number of anilines is 1. The van der Waals surface area contributed by atoms with Gasteiger partial charge in [-0.3, -0.25) is 0 Å². The van der Waals surface area contributed by atoms with E-state index in [2.05, 4.69) is 4.72 Å². The number of nitrogens with two attached hydrogens (primary N) is 1. The maximum atomic E-state index is 12.2. The summed E-state index contributed by atoms with van der Waals surface area (Å²) in [7, 11) is -3.76. The Labute approximate surface area is 118 Å². The van der Waals surface area contributed by atoms with E-state index in [0.717, 1.165) is 0 Å². The Morgan fingerprint density at radius 3 is 2.53 bits per heavy atom. The number of hydrogen-bond acceptors (Lipinski definition) is 4. The van der Waals surface area contributed by atoms with E-state index in [4.69, 9.17) is 17.3 Å². The summed E-state index contributed by atoms with van der Waals surface area (Å²) < 4.78 is 26.8. The molecule has 1 aromatic carbocycles. The minimum absolute atomic E-state index is 0.0365. The number of aliphatic hydroxyl groups excluding tert-OH is 1. The first-order chi connectivity index (χ1) is 8.76. The number of benzene rings is 1. The third-order valence-electron chi connectivity index (χ3n) is 2.54. The van der Waals surface area contributed by atoms with E-state index >= 15 is 0 Å². The molecule has 4 N–H and O–H groups in total. The first-order valence-corrected chi connectivity index (χ1v) is 7.80. The molecule has 1 aromatic rings. The van der Waals surface area contributed by atoms with Crippen molar-refractivity contribution in [3.63, 3.8) is 0 Å². The molecule has 0 aliphatic rings. The third-order valence-corrected chi connectivity index (χ3v) is 4.55. The molecule has 0 saturated carbocycles. The van der Waals surface area contributed by atoms with Crippen LogP contribution in [-0.2, 0) is 10.0 Å². The molecular weight excluding hydrogens is 288 g/mol. The van der Waals surface area contributed by atoms with Crippen LogP contribution >= 0.6 is 11.6 Å². The molecule has 1 rings (SSSR count). The third kappa shape index (κ3) is 4.65. The standard InChI is InChI=1S/C12H19ClN2O3S/c1-8(2)5-10(7-16)15-19(17,18)12-4-3-9(14)6-11(12)13/h3-4,6,8,10,15-16H,5,7,14H2,1-2H3. The van der Waals surface area contributed by atoms with Crippen LogP contribution in [0.15, 0.2) is 23.1 Å². The lowest BCUT2D eigenvalue weighted by Gasteiger charge is -2.18. The molecule has 0 fully saturated rings. The molecule has 5 nitrogen and oxygen atoms in total. The van der Waals surface area contributed by atoms with Crippen LogP contribution in [-0.4, -0.2) is 26.2 Å². The number of nitrogen functional groups attached to an aromatic ring is 1. The quantitative estimate of drug-likeness (QED) is 0.696. The van der Waals surface area contributed by atoms with Crippen molar-refractivity contribution in [1.29, 1.82) is 0 Å². The summed E-state index contributed by atoms with van der Waals surface area (Å²) >= 11 is 5.88. The second-order valence-electron chi connectivity index (χ2n) is 4.82.